The molecule has 0 saturated carbocycles. The Kier molecular flexibility index (Phi) is 5.71. The monoisotopic (exact) mass is 435 g/mol. The van der Waals surface area contributed by atoms with Gasteiger partial charge in [-0.15, -0.1) is 0 Å². The van der Waals surface area contributed by atoms with Gasteiger partial charge in [0, 0.05) is 19.1 Å². The van der Waals surface area contributed by atoms with Crippen LogP contribution in [0.15, 0.2) is 53.4 Å². The molecule has 3 rings (SSSR count). The van der Waals surface area contributed by atoms with E-state index >= 15 is 0 Å². The number of carbonyl (C=O) groups is 2. The van der Waals surface area contributed by atoms with Crippen molar-refractivity contribution in [3.05, 3.63) is 64.7 Å². The molecule has 0 spiro atoms. The van der Waals surface area contributed by atoms with Crippen molar-refractivity contribution in [3.63, 3.8) is 0 Å². The summed E-state index contributed by atoms with van der Waals surface area (Å²) >= 11 is 5.95. The highest BCUT2D eigenvalue weighted by Gasteiger charge is 2.51. The lowest BCUT2D eigenvalue weighted by Crippen LogP contribution is -2.43. The SMILES string of the molecule is CCC1(c2ccc(Cl)cc2)NC(=O)N(Cc2cccc(S(=O)(=O)N(C)C)c2)C1=O. The Morgan fingerprint density at radius 1 is 1.10 bits per heavy atom. The van der Waals surface area contributed by atoms with Gasteiger partial charge < -0.3 is 5.32 Å². The molecule has 1 heterocycles. The lowest BCUT2D eigenvalue weighted by molar-refractivity contribution is -0.132. The van der Waals surface area contributed by atoms with Gasteiger partial charge in [0.2, 0.25) is 10.0 Å². The van der Waals surface area contributed by atoms with Crippen LogP contribution in [0.5, 0.6) is 0 Å². The predicted molar refractivity (Wildman–Crippen MR) is 110 cm³/mol. The molecule has 1 aliphatic heterocycles. The van der Waals surface area contributed by atoms with E-state index in [0.717, 1.165) is 9.21 Å². The maximum absolute atomic E-state index is 13.2. The Balaban J connectivity index is 1.92. The zero-order valence-electron chi connectivity index (χ0n) is 16.3. The molecule has 1 fully saturated rings. The summed E-state index contributed by atoms with van der Waals surface area (Å²) in [5.74, 6) is -0.381. The molecule has 0 aliphatic carbocycles. The summed E-state index contributed by atoms with van der Waals surface area (Å²) in [4.78, 5) is 27.1. The van der Waals surface area contributed by atoms with Crippen molar-refractivity contribution in [3.8, 4) is 0 Å². The average molecular weight is 436 g/mol. The summed E-state index contributed by atoms with van der Waals surface area (Å²) in [5, 5.41) is 3.34. The van der Waals surface area contributed by atoms with Crippen LogP contribution in [0, 0.1) is 0 Å². The first kappa shape index (κ1) is 21.3. The molecule has 1 saturated heterocycles. The van der Waals surface area contributed by atoms with Gasteiger partial charge in [0.15, 0.2) is 0 Å². The van der Waals surface area contributed by atoms with Crippen molar-refractivity contribution in [1.82, 2.24) is 14.5 Å². The van der Waals surface area contributed by atoms with E-state index in [-0.39, 0.29) is 17.3 Å². The summed E-state index contributed by atoms with van der Waals surface area (Å²) in [7, 11) is -0.727. The molecule has 1 aliphatic rings. The number of carbonyl (C=O) groups excluding carboxylic acids is 2. The lowest BCUT2D eigenvalue weighted by Gasteiger charge is -2.26. The number of nitrogens with zero attached hydrogens (tertiary/aromatic N) is 2. The predicted octanol–water partition coefficient (Wildman–Crippen LogP) is 2.95. The van der Waals surface area contributed by atoms with Crippen LogP contribution in [0.1, 0.15) is 24.5 Å². The van der Waals surface area contributed by atoms with Crippen molar-refractivity contribution in [2.75, 3.05) is 14.1 Å². The first-order valence-corrected chi connectivity index (χ1v) is 10.9. The first-order valence-electron chi connectivity index (χ1n) is 9.03. The number of nitrogens with one attached hydrogen (secondary N) is 1. The van der Waals surface area contributed by atoms with E-state index in [4.69, 9.17) is 11.6 Å². The summed E-state index contributed by atoms with van der Waals surface area (Å²) in [6.45, 7) is 1.79. The van der Waals surface area contributed by atoms with E-state index in [1.165, 1.54) is 26.2 Å². The minimum absolute atomic E-state index is 0.0310. The van der Waals surface area contributed by atoms with E-state index < -0.39 is 21.6 Å². The molecule has 3 amide bonds. The number of rotatable bonds is 6. The van der Waals surface area contributed by atoms with Crippen molar-refractivity contribution in [2.24, 2.45) is 0 Å². The molecule has 29 heavy (non-hydrogen) atoms. The van der Waals surface area contributed by atoms with Crippen molar-refractivity contribution in [1.29, 1.82) is 0 Å². The van der Waals surface area contributed by atoms with Crippen LogP contribution in [0.4, 0.5) is 4.79 Å². The van der Waals surface area contributed by atoms with E-state index in [1.807, 2.05) is 6.92 Å². The summed E-state index contributed by atoms with van der Waals surface area (Å²) in [6.07, 6.45) is 0.366. The molecule has 154 valence electrons. The average Bonchev–Trinajstić information content (AvgIpc) is 2.93. The molecule has 7 nitrogen and oxygen atoms in total. The number of imide groups is 1. The Morgan fingerprint density at radius 2 is 1.76 bits per heavy atom. The Hall–Kier alpha value is -2.42. The number of urea groups is 1. The zero-order valence-corrected chi connectivity index (χ0v) is 17.9. The molecular weight excluding hydrogens is 414 g/mol. The summed E-state index contributed by atoms with van der Waals surface area (Å²) < 4.78 is 25.8. The quantitative estimate of drug-likeness (QED) is 0.707. The van der Waals surface area contributed by atoms with Gasteiger partial charge in [0.05, 0.1) is 11.4 Å². The van der Waals surface area contributed by atoms with E-state index in [2.05, 4.69) is 5.32 Å². The second-order valence-electron chi connectivity index (χ2n) is 7.02. The van der Waals surface area contributed by atoms with Crippen molar-refractivity contribution in [2.45, 2.75) is 30.3 Å². The minimum Gasteiger partial charge on any atom is -0.319 e. The van der Waals surface area contributed by atoms with Gasteiger partial charge in [-0.1, -0.05) is 42.8 Å². The van der Waals surface area contributed by atoms with Gasteiger partial charge in [-0.25, -0.2) is 17.5 Å². The van der Waals surface area contributed by atoms with E-state index in [0.29, 0.717) is 22.6 Å². The fraction of sp³-hybridized carbons (Fsp3) is 0.300. The third-order valence-electron chi connectivity index (χ3n) is 5.06. The van der Waals surface area contributed by atoms with Crippen LogP contribution in [0.3, 0.4) is 0 Å². The van der Waals surface area contributed by atoms with Gasteiger partial charge in [0.25, 0.3) is 5.91 Å². The summed E-state index contributed by atoms with van der Waals surface area (Å²) in [5.41, 5.74) is 0.0169. The van der Waals surface area contributed by atoms with Gasteiger partial charge in [-0.2, -0.15) is 0 Å². The Morgan fingerprint density at radius 3 is 2.34 bits per heavy atom. The second kappa shape index (κ2) is 7.78. The molecule has 0 aromatic heterocycles. The molecular formula is C20H22ClN3O4S. The van der Waals surface area contributed by atoms with Crippen LogP contribution in [0.25, 0.3) is 0 Å². The highest BCUT2D eigenvalue weighted by atomic mass is 35.5. The standard InChI is InChI=1S/C20H22ClN3O4S/c1-4-20(15-8-10-16(21)11-9-15)18(25)24(19(26)22-20)13-14-6-5-7-17(12-14)29(27,28)23(2)3/h5-12H,4,13H2,1-3H3,(H,22,26). The fourth-order valence-electron chi connectivity index (χ4n) is 3.34. The third kappa shape index (κ3) is 3.75. The lowest BCUT2D eigenvalue weighted by atomic mass is 9.87. The van der Waals surface area contributed by atoms with Crippen LogP contribution in [-0.4, -0.2) is 43.7 Å². The molecule has 1 N–H and O–H groups in total. The maximum atomic E-state index is 13.2. The highest BCUT2D eigenvalue weighted by Crippen LogP contribution is 2.34. The molecule has 9 heteroatoms. The highest BCUT2D eigenvalue weighted by molar-refractivity contribution is 7.89. The molecule has 2 aromatic rings. The van der Waals surface area contributed by atoms with E-state index in [1.54, 1.807) is 36.4 Å². The minimum atomic E-state index is -3.62. The molecule has 2 aromatic carbocycles. The Labute approximate surface area is 175 Å². The van der Waals surface area contributed by atoms with Crippen LogP contribution >= 0.6 is 11.6 Å². The smallest absolute Gasteiger partial charge is 0.319 e. The van der Waals surface area contributed by atoms with E-state index in [9.17, 15) is 18.0 Å². The van der Waals surface area contributed by atoms with Crippen LogP contribution in [-0.2, 0) is 26.9 Å². The van der Waals surface area contributed by atoms with Crippen molar-refractivity contribution < 1.29 is 18.0 Å². The number of hydrogen-bond donors (Lipinski definition) is 1. The molecule has 1 unspecified atom stereocenters. The molecule has 0 radical (unpaired) electrons. The fourth-order valence-corrected chi connectivity index (χ4v) is 4.44. The topological polar surface area (TPSA) is 86.8 Å². The normalized spacial score (nSPS) is 19.7. The van der Waals surface area contributed by atoms with Gasteiger partial charge in [-0.05, 0) is 41.8 Å². The van der Waals surface area contributed by atoms with Gasteiger partial charge in [-0.3, -0.25) is 9.69 Å². The molecule has 1 atom stereocenters. The maximum Gasteiger partial charge on any atom is 0.325 e. The summed E-state index contributed by atoms with van der Waals surface area (Å²) in [6, 6.07) is 12.5. The van der Waals surface area contributed by atoms with Crippen LogP contribution < -0.4 is 5.32 Å². The largest absolute Gasteiger partial charge is 0.325 e. The number of sulfonamides is 1. The zero-order chi connectivity index (χ0) is 21.4. The number of halogens is 1. The number of hydrogen-bond acceptors (Lipinski definition) is 4. The molecule has 0 bridgehead atoms. The third-order valence-corrected chi connectivity index (χ3v) is 7.12. The Bertz CT molecular complexity index is 1050. The van der Waals surface area contributed by atoms with Crippen molar-refractivity contribution >= 4 is 33.6 Å². The van der Waals surface area contributed by atoms with Crippen LogP contribution in [0.2, 0.25) is 5.02 Å². The van der Waals surface area contributed by atoms with Gasteiger partial charge >= 0.3 is 6.03 Å². The first-order chi connectivity index (χ1) is 13.6. The van der Waals surface area contributed by atoms with Gasteiger partial charge in [0.1, 0.15) is 5.54 Å². The number of benzene rings is 2. The second-order valence-corrected chi connectivity index (χ2v) is 9.61. The number of amides is 3.